The van der Waals surface area contributed by atoms with Gasteiger partial charge in [0.05, 0.1) is 37.6 Å². The van der Waals surface area contributed by atoms with Crippen molar-refractivity contribution in [2.45, 2.75) is 143 Å². The Bertz CT molecular complexity index is 1250. The highest BCUT2D eigenvalue weighted by Crippen LogP contribution is 2.89. The van der Waals surface area contributed by atoms with Gasteiger partial charge >= 0.3 is 5.97 Å². The highest BCUT2D eigenvalue weighted by atomic mass is 16.7. The molecule has 0 aromatic carbocycles. The molecule has 8 rings (SSSR count). The first-order valence-electron chi connectivity index (χ1n) is 18.8. The van der Waals surface area contributed by atoms with Gasteiger partial charge in [-0.05, 0) is 115 Å². The summed E-state index contributed by atoms with van der Waals surface area (Å²) >= 11 is 0. The summed E-state index contributed by atoms with van der Waals surface area (Å²) < 4.78 is 25.0. The lowest BCUT2D eigenvalue weighted by molar-refractivity contribution is -0.248. The first-order valence-corrected chi connectivity index (χ1v) is 18.8. The first kappa shape index (κ1) is 32.0. The van der Waals surface area contributed by atoms with Crippen molar-refractivity contribution < 1.29 is 33.6 Å². The fourth-order valence-corrected chi connectivity index (χ4v) is 13.8. The van der Waals surface area contributed by atoms with Gasteiger partial charge in [-0.2, -0.15) is 0 Å². The van der Waals surface area contributed by atoms with Gasteiger partial charge in [-0.1, -0.05) is 34.6 Å². The number of nitrogens with zero attached hydrogens (tertiary/aromatic N) is 1. The van der Waals surface area contributed by atoms with E-state index >= 15 is 0 Å². The molecule has 8 heteroatoms. The summed E-state index contributed by atoms with van der Waals surface area (Å²) in [5, 5.41) is 12.4. The van der Waals surface area contributed by atoms with Crippen LogP contribution in [0.4, 0.5) is 0 Å². The van der Waals surface area contributed by atoms with Gasteiger partial charge in [0.15, 0.2) is 6.29 Å². The molecular formula is C38H59NO7. The van der Waals surface area contributed by atoms with E-state index in [0.717, 1.165) is 25.7 Å². The van der Waals surface area contributed by atoms with E-state index in [2.05, 4.69) is 34.6 Å². The van der Waals surface area contributed by atoms with E-state index in [9.17, 15) is 14.7 Å². The van der Waals surface area contributed by atoms with Crippen molar-refractivity contribution in [2.75, 3.05) is 26.3 Å². The van der Waals surface area contributed by atoms with E-state index in [4.69, 9.17) is 18.9 Å². The van der Waals surface area contributed by atoms with E-state index in [1.54, 1.807) is 0 Å². The van der Waals surface area contributed by atoms with Gasteiger partial charge in [0.1, 0.15) is 6.61 Å². The molecule has 2 aliphatic heterocycles. The van der Waals surface area contributed by atoms with Gasteiger partial charge in [0, 0.05) is 25.3 Å². The maximum atomic E-state index is 12.9. The van der Waals surface area contributed by atoms with Crippen LogP contribution in [0.25, 0.3) is 0 Å². The molecule has 6 aliphatic carbocycles. The molecular weight excluding hydrogens is 582 g/mol. The van der Waals surface area contributed by atoms with Gasteiger partial charge < -0.3 is 29.0 Å². The molecule has 6 saturated carbocycles. The molecule has 8 fully saturated rings. The van der Waals surface area contributed by atoms with E-state index in [-0.39, 0.29) is 64.7 Å². The van der Waals surface area contributed by atoms with Crippen LogP contribution in [0.15, 0.2) is 0 Å². The summed E-state index contributed by atoms with van der Waals surface area (Å²) in [5.41, 5.74) is 0.438. The molecule has 2 spiro atoms. The number of fused-ring (bicyclic) bond motifs is 4. The number of morpholine rings is 1. The van der Waals surface area contributed by atoms with Gasteiger partial charge in [-0.15, -0.1) is 0 Å². The average Bonchev–Trinajstić information content (AvgIpc) is 3.93. The molecule has 46 heavy (non-hydrogen) atoms. The molecule has 4 unspecified atom stereocenters. The maximum Gasteiger partial charge on any atom is 0.302 e. The number of hydrogen-bond acceptors (Lipinski definition) is 7. The third-order valence-electron chi connectivity index (χ3n) is 16.1. The Balaban J connectivity index is 0.995. The Morgan fingerprint density at radius 1 is 0.978 bits per heavy atom. The lowest BCUT2D eigenvalue weighted by Crippen LogP contribution is -2.60. The molecule has 0 radical (unpaired) electrons. The van der Waals surface area contributed by atoms with Crippen LogP contribution >= 0.6 is 0 Å². The van der Waals surface area contributed by atoms with Crippen molar-refractivity contribution in [3.63, 3.8) is 0 Å². The minimum absolute atomic E-state index is 0.0157. The molecule has 0 aromatic rings. The van der Waals surface area contributed by atoms with Crippen molar-refractivity contribution >= 4 is 11.9 Å². The number of hydrogen-bond donors (Lipinski definition) is 1. The summed E-state index contributed by atoms with van der Waals surface area (Å²) in [6.45, 7) is 15.7. The van der Waals surface area contributed by atoms with Gasteiger partial charge in [-0.25, -0.2) is 0 Å². The molecule has 2 saturated heterocycles. The number of rotatable bonds is 6. The Labute approximate surface area is 276 Å². The van der Waals surface area contributed by atoms with Crippen LogP contribution in [0.3, 0.4) is 0 Å². The van der Waals surface area contributed by atoms with Gasteiger partial charge in [0.2, 0.25) is 5.91 Å². The van der Waals surface area contributed by atoms with Crippen LogP contribution < -0.4 is 0 Å². The quantitative estimate of drug-likeness (QED) is 0.370. The van der Waals surface area contributed by atoms with Crippen molar-refractivity contribution in [1.82, 2.24) is 4.90 Å². The smallest absolute Gasteiger partial charge is 0.302 e. The zero-order valence-corrected chi connectivity index (χ0v) is 29.2. The predicted molar refractivity (Wildman–Crippen MR) is 171 cm³/mol. The fourth-order valence-electron chi connectivity index (χ4n) is 13.8. The van der Waals surface area contributed by atoms with E-state index in [0.29, 0.717) is 61.1 Å². The molecule has 0 aromatic heterocycles. The maximum absolute atomic E-state index is 12.9. The number of esters is 1. The van der Waals surface area contributed by atoms with Crippen LogP contribution in [0.2, 0.25) is 0 Å². The van der Waals surface area contributed by atoms with Crippen LogP contribution in [-0.4, -0.2) is 78.9 Å². The van der Waals surface area contributed by atoms with Crippen molar-refractivity contribution in [2.24, 2.45) is 56.7 Å². The monoisotopic (exact) mass is 641 g/mol. The standard InChI is InChI=1S/C38H59NO7/c1-22-17-25(20-44-23(2)40)45-32-31(22)35(5)13-14-38-21-37(38)12-11-28(34(3,4)26(37)9-10-27(38)36(35,6)33(32)42)46-30-19-39(15-16-43-30)29(41)18-24-7-8-24/h22,24-28,30-33,42H,7-21H2,1-6H3/t22-,25?,26+,27?,28?,30+,31+,32?,33+,35-,36-,37-,38+/m1/s1. The lowest BCUT2D eigenvalue weighted by Gasteiger charge is -2.64. The molecule has 0 bridgehead atoms. The van der Waals surface area contributed by atoms with E-state index < -0.39 is 6.10 Å². The van der Waals surface area contributed by atoms with Crippen LogP contribution in [0, 0.1) is 56.7 Å². The number of ether oxygens (including phenoxy) is 4. The summed E-state index contributed by atoms with van der Waals surface area (Å²) in [4.78, 5) is 26.4. The highest BCUT2D eigenvalue weighted by molar-refractivity contribution is 5.76. The topological polar surface area (TPSA) is 94.5 Å². The predicted octanol–water partition coefficient (Wildman–Crippen LogP) is 5.73. The molecule has 1 N–H and O–H groups in total. The Hall–Kier alpha value is -1.22. The third kappa shape index (κ3) is 4.37. The summed E-state index contributed by atoms with van der Waals surface area (Å²) in [6.07, 6.45) is 11.1. The SMILES string of the molecule is CC(=O)OCC1C[C@@H](C)[C@H]2C(O1)[C@H](O)[C@@]1(C)C3CC[C@H]4C(C)(C)C(O[C@H]5CN(C(=O)CC6CC6)CCO5)CC[C@@]45C[C@@]35CC[C@]21C. The van der Waals surface area contributed by atoms with Crippen LogP contribution in [-0.2, 0) is 28.5 Å². The van der Waals surface area contributed by atoms with Gasteiger partial charge in [-0.3, -0.25) is 9.59 Å². The second-order valence-corrected chi connectivity index (χ2v) is 18.4. The molecule has 8 nitrogen and oxygen atoms in total. The number of aliphatic hydroxyl groups is 1. The molecule has 1 amide bonds. The summed E-state index contributed by atoms with van der Waals surface area (Å²) in [6, 6.07) is 0. The second-order valence-electron chi connectivity index (χ2n) is 18.4. The number of carbonyl (C=O) groups is 2. The second kappa shape index (κ2) is 10.6. The zero-order valence-electron chi connectivity index (χ0n) is 29.2. The van der Waals surface area contributed by atoms with E-state index in [1.807, 2.05) is 4.90 Å². The molecule has 2 heterocycles. The van der Waals surface area contributed by atoms with Crippen molar-refractivity contribution in [3.05, 3.63) is 0 Å². The molecule has 13 atom stereocenters. The lowest BCUT2D eigenvalue weighted by atomic mass is 9.41. The fraction of sp³-hybridized carbons (Fsp3) is 0.947. The van der Waals surface area contributed by atoms with Crippen molar-refractivity contribution in [3.8, 4) is 0 Å². The Kier molecular flexibility index (Phi) is 7.40. The van der Waals surface area contributed by atoms with Crippen LogP contribution in [0.5, 0.6) is 0 Å². The molecule has 8 aliphatic rings. The van der Waals surface area contributed by atoms with Crippen LogP contribution in [0.1, 0.15) is 112 Å². The van der Waals surface area contributed by atoms with E-state index in [1.165, 1.54) is 45.4 Å². The number of carbonyl (C=O) groups excluding carboxylic acids is 2. The number of aliphatic hydroxyl groups excluding tert-OH is 1. The van der Waals surface area contributed by atoms with Gasteiger partial charge in [0.25, 0.3) is 0 Å². The minimum atomic E-state index is -0.511. The summed E-state index contributed by atoms with van der Waals surface area (Å²) in [7, 11) is 0. The normalized spacial score (nSPS) is 52.0. The first-order chi connectivity index (χ1) is 21.8. The molecule has 258 valence electrons. The Morgan fingerprint density at radius 2 is 1.72 bits per heavy atom. The summed E-state index contributed by atoms with van der Waals surface area (Å²) in [5.74, 6) is 2.39. The average molecular weight is 642 g/mol. The zero-order chi connectivity index (χ0) is 32.4. The van der Waals surface area contributed by atoms with Crippen molar-refractivity contribution in [1.29, 1.82) is 0 Å². The third-order valence-corrected chi connectivity index (χ3v) is 16.1. The highest BCUT2D eigenvalue weighted by Gasteiger charge is 2.84. The largest absolute Gasteiger partial charge is 0.463 e. The number of amides is 1. The Morgan fingerprint density at radius 3 is 2.46 bits per heavy atom. The minimum Gasteiger partial charge on any atom is -0.463 e.